The van der Waals surface area contributed by atoms with E-state index in [1.54, 1.807) is 0 Å². The minimum atomic E-state index is 0.485. The van der Waals surface area contributed by atoms with Gasteiger partial charge in [0.1, 0.15) is 0 Å². The van der Waals surface area contributed by atoms with E-state index in [0.29, 0.717) is 18.6 Å². The Morgan fingerprint density at radius 3 is 2.58 bits per heavy atom. The third kappa shape index (κ3) is 8.06. The average Bonchev–Trinajstić information content (AvgIpc) is 2.63. The van der Waals surface area contributed by atoms with Gasteiger partial charge < -0.3 is 15.4 Å². The van der Waals surface area contributed by atoms with Gasteiger partial charge in [-0.2, -0.15) is 0 Å². The van der Waals surface area contributed by atoms with Crippen LogP contribution in [0.3, 0.4) is 0 Å². The number of ether oxygens (including phenoxy) is 1. The van der Waals surface area contributed by atoms with Crippen molar-refractivity contribution >= 4 is 21.9 Å². The number of benzene rings is 1. The van der Waals surface area contributed by atoms with E-state index in [1.165, 1.54) is 5.56 Å². The van der Waals surface area contributed by atoms with E-state index < -0.39 is 0 Å². The molecule has 6 heteroatoms. The van der Waals surface area contributed by atoms with Crippen LogP contribution in [0.5, 0.6) is 0 Å². The molecule has 1 heterocycles. The molecule has 2 rings (SSSR count). The fourth-order valence-corrected chi connectivity index (χ4v) is 3.30. The molecule has 0 unspecified atom stereocenters. The van der Waals surface area contributed by atoms with Crippen molar-refractivity contribution in [1.82, 2.24) is 15.5 Å². The molecule has 0 aliphatic carbocycles. The van der Waals surface area contributed by atoms with Crippen LogP contribution in [-0.2, 0) is 11.3 Å². The summed E-state index contributed by atoms with van der Waals surface area (Å²) in [5.74, 6) is 1.46. The molecule has 0 amide bonds. The number of guanidine groups is 1. The number of likely N-dealkylation sites (tertiary alicyclic amines) is 1. The zero-order valence-corrected chi connectivity index (χ0v) is 17.9. The first-order valence-corrected chi connectivity index (χ1v) is 10.4. The second kappa shape index (κ2) is 11.6. The first-order valence-electron chi connectivity index (χ1n) is 9.58. The zero-order chi connectivity index (χ0) is 18.8. The highest BCUT2D eigenvalue weighted by Crippen LogP contribution is 2.16. The Balaban J connectivity index is 1.64. The van der Waals surface area contributed by atoms with Gasteiger partial charge in [-0.3, -0.25) is 9.89 Å². The Labute approximate surface area is 166 Å². The fourth-order valence-electron chi connectivity index (χ4n) is 3.03. The molecule has 5 nitrogen and oxygen atoms in total. The molecule has 146 valence electrons. The summed E-state index contributed by atoms with van der Waals surface area (Å²) in [5, 5.41) is 6.89. The maximum Gasteiger partial charge on any atom is 0.191 e. The Morgan fingerprint density at radius 1 is 1.27 bits per heavy atom. The fraction of sp³-hybridized carbons (Fsp3) is 0.650. The molecule has 26 heavy (non-hydrogen) atoms. The molecule has 1 saturated heterocycles. The van der Waals surface area contributed by atoms with Crippen LogP contribution in [0.25, 0.3) is 0 Å². The van der Waals surface area contributed by atoms with Gasteiger partial charge in [0, 0.05) is 50.3 Å². The first kappa shape index (κ1) is 21.2. The highest BCUT2D eigenvalue weighted by atomic mass is 79.9. The standard InChI is InChI=1S/C20H33BrN4O/c1-16(2)15-26-13-10-23-20(22-3)24-19-8-11-25(12-9-19)14-17-4-6-18(21)7-5-17/h4-7,16,19H,8-15H2,1-3H3,(H2,22,23,24). The number of aliphatic imine (C=N–C) groups is 1. The summed E-state index contributed by atoms with van der Waals surface area (Å²) in [5.41, 5.74) is 1.37. The van der Waals surface area contributed by atoms with Crippen LogP contribution in [0.4, 0.5) is 0 Å². The first-order chi connectivity index (χ1) is 12.6. The smallest absolute Gasteiger partial charge is 0.191 e. The molecule has 0 atom stereocenters. The van der Waals surface area contributed by atoms with E-state index in [1.807, 2.05) is 7.05 Å². The summed E-state index contributed by atoms with van der Waals surface area (Å²) >= 11 is 3.49. The SMILES string of the molecule is CN=C(NCCOCC(C)C)NC1CCN(Cc2ccc(Br)cc2)CC1. The Kier molecular flexibility index (Phi) is 9.43. The van der Waals surface area contributed by atoms with E-state index in [9.17, 15) is 0 Å². The molecular weight excluding hydrogens is 392 g/mol. The monoisotopic (exact) mass is 424 g/mol. The number of rotatable bonds is 8. The molecule has 1 fully saturated rings. The predicted molar refractivity (Wildman–Crippen MR) is 113 cm³/mol. The van der Waals surface area contributed by atoms with E-state index in [4.69, 9.17) is 4.74 Å². The molecule has 1 aliphatic rings. The van der Waals surface area contributed by atoms with Crippen molar-refractivity contribution in [3.8, 4) is 0 Å². The highest BCUT2D eigenvalue weighted by Gasteiger charge is 2.20. The van der Waals surface area contributed by atoms with Crippen molar-refractivity contribution in [2.24, 2.45) is 10.9 Å². The van der Waals surface area contributed by atoms with Crippen LogP contribution < -0.4 is 10.6 Å². The Morgan fingerprint density at radius 2 is 1.96 bits per heavy atom. The van der Waals surface area contributed by atoms with Gasteiger partial charge in [0.15, 0.2) is 5.96 Å². The van der Waals surface area contributed by atoms with Crippen LogP contribution in [0.1, 0.15) is 32.3 Å². The maximum atomic E-state index is 5.60. The number of nitrogens with one attached hydrogen (secondary N) is 2. The van der Waals surface area contributed by atoms with Crippen molar-refractivity contribution < 1.29 is 4.74 Å². The van der Waals surface area contributed by atoms with Gasteiger partial charge in [-0.25, -0.2) is 0 Å². The quantitative estimate of drug-likeness (QED) is 0.382. The highest BCUT2D eigenvalue weighted by molar-refractivity contribution is 9.10. The predicted octanol–water partition coefficient (Wildman–Crippen LogP) is 3.25. The lowest BCUT2D eigenvalue weighted by molar-refractivity contribution is 0.114. The lowest BCUT2D eigenvalue weighted by Gasteiger charge is -2.33. The van der Waals surface area contributed by atoms with Crippen LogP contribution in [0, 0.1) is 5.92 Å². The molecule has 1 aromatic carbocycles. The lowest BCUT2D eigenvalue weighted by Crippen LogP contribution is -2.49. The third-order valence-electron chi connectivity index (χ3n) is 4.46. The lowest BCUT2D eigenvalue weighted by atomic mass is 10.0. The van der Waals surface area contributed by atoms with Crippen molar-refractivity contribution in [1.29, 1.82) is 0 Å². The second-order valence-electron chi connectivity index (χ2n) is 7.29. The molecule has 0 saturated carbocycles. The van der Waals surface area contributed by atoms with E-state index in [0.717, 1.165) is 56.1 Å². The minimum Gasteiger partial charge on any atom is -0.379 e. The number of nitrogens with zero attached hydrogens (tertiary/aromatic N) is 2. The molecule has 0 spiro atoms. The Bertz CT molecular complexity index is 539. The number of hydrogen-bond acceptors (Lipinski definition) is 3. The number of hydrogen-bond donors (Lipinski definition) is 2. The van der Waals surface area contributed by atoms with E-state index in [2.05, 4.69) is 74.6 Å². The summed E-state index contributed by atoms with van der Waals surface area (Å²) in [6.07, 6.45) is 2.28. The van der Waals surface area contributed by atoms with Crippen LogP contribution in [-0.4, -0.2) is 56.8 Å². The second-order valence-corrected chi connectivity index (χ2v) is 8.20. The summed E-state index contributed by atoms with van der Waals surface area (Å²) in [4.78, 5) is 6.86. The van der Waals surface area contributed by atoms with Gasteiger partial charge in [-0.05, 0) is 36.5 Å². The summed E-state index contributed by atoms with van der Waals surface area (Å²) in [7, 11) is 1.83. The van der Waals surface area contributed by atoms with E-state index >= 15 is 0 Å². The van der Waals surface area contributed by atoms with Crippen molar-refractivity contribution in [2.45, 2.75) is 39.3 Å². The van der Waals surface area contributed by atoms with Gasteiger partial charge in [-0.1, -0.05) is 41.9 Å². The molecule has 0 bridgehead atoms. The molecule has 1 aromatic rings. The van der Waals surface area contributed by atoms with Gasteiger partial charge in [0.05, 0.1) is 6.61 Å². The molecular formula is C20H33BrN4O. The van der Waals surface area contributed by atoms with Crippen LogP contribution >= 0.6 is 15.9 Å². The molecule has 0 aromatic heterocycles. The number of halogens is 1. The Hall–Kier alpha value is -1.11. The maximum absolute atomic E-state index is 5.60. The summed E-state index contributed by atoms with van der Waals surface area (Å²) in [6.45, 7) is 9.89. The summed E-state index contributed by atoms with van der Waals surface area (Å²) < 4.78 is 6.74. The van der Waals surface area contributed by atoms with Crippen molar-refractivity contribution in [2.75, 3.05) is 39.9 Å². The van der Waals surface area contributed by atoms with Gasteiger partial charge >= 0.3 is 0 Å². The average molecular weight is 425 g/mol. The molecule has 2 N–H and O–H groups in total. The minimum absolute atomic E-state index is 0.485. The zero-order valence-electron chi connectivity index (χ0n) is 16.3. The van der Waals surface area contributed by atoms with Crippen LogP contribution in [0.2, 0.25) is 0 Å². The third-order valence-corrected chi connectivity index (χ3v) is 4.99. The normalized spacial score (nSPS) is 16.9. The van der Waals surface area contributed by atoms with Crippen molar-refractivity contribution in [3.63, 3.8) is 0 Å². The van der Waals surface area contributed by atoms with Gasteiger partial charge in [-0.15, -0.1) is 0 Å². The van der Waals surface area contributed by atoms with Crippen molar-refractivity contribution in [3.05, 3.63) is 34.3 Å². The largest absolute Gasteiger partial charge is 0.379 e. The topological polar surface area (TPSA) is 48.9 Å². The van der Waals surface area contributed by atoms with E-state index in [-0.39, 0.29) is 0 Å². The summed E-state index contributed by atoms with van der Waals surface area (Å²) in [6, 6.07) is 9.11. The van der Waals surface area contributed by atoms with Gasteiger partial charge in [0.25, 0.3) is 0 Å². The van der Waals surface area contributed by atoms with Crippen LogP contribution in [0.15, 0.2) is 33.7 Å². The number of piperidine rings is 1. The van der Waals surface area contributed by atoms with Gasteiger partial charge in [0.2, 0.25) is 0 Å². The molecule has 0 radical (unpaired) electrons. The molecule has 1 aliphatic heterocycles.